The molecule has 0 radical (unpaired) electrons. The highest BCUT2D eigenvalue weighted by Gasteiger charge is 2.29. The van der Waals surface area contributed by atoms with Gasteiger partial charge in [-0.05, 0) is 48.0 Å². The summed E-state index contributed by atoms with van der Waals surface area (Å²) < 4.78 is 10.4. The average Bonchev–Trinajstić information content (AvgIpc) is 2.81. The molecule has 0 aliphatic carbocycles. The van der Waals surface area contributed by atoms with Crippen LogP contribution in [0.3, 0.4) is 0 Å². The lowest BCUT2D eigenvalue weighted by molar-refractivity contribution is 0.0543. The van der Waals surface area contributed by atoms with E-state index in [1.807, 2.05) is 0 Å². The summed E-state index contributed by atoms with van der Waals surface area (Å²) in [6.45, 7) is 11.3. The van der Waals surface area contributed by atoms with Gasteiger partial charge in [0.25, 0.3) is 0 Å². The summed E-state index contributed by atoms with van der Waals surface area (Å²) in [5.41, 5.74) is -1.36. The summed E-state index contributed by atoms with van der Waals surface area (Å²) in [6.07, 6.45) is -1.05. The molecule has 1 aliphatic heterocycles. The molecule has 3 N–H and O–H groups in total. The number of likely N-dealkylation sites (tertiary alicyclic amines) is 1. The maximum absolute atomic E-state index is 12.0. The highest BCUT2D eigenvalue weighted by molar-refractivity contribution is 5.99. The van der Waals surface area contributed by atoms with E-state index in [1.54, 1.807) is 46.4 Å². The number of carbonyl (C=O) groups is 2. The van der Waals surface area contributed by atoms with Gasteiger partial charge in [0.05, 0.1) is 6.10 Å². The molecular weight excluding hydrogens is 316 g/mol. The molecule has 0 aromatic carbocycles. The van der Waals surface area contributed by atoms with Gasteiger partial charge in [0.2, 0.25) is 5.96 Å². The molecule has 138 valence electrons. The van der Waals surface area contributed by atoms with Gasteiger partial charge >= 0.3 is 12.2 Å². The van der Waals surface area contributed by atoms with Crippen molar-refractivity contribution >= 4 is 18.1 Å². The fourth-order valence-electron chi connectivity index (χ4n) is 1.98. The number of alkyl carbamates (subject to hydrolysis) is 1. The molecule has 0 aromatic heterocycles. The van der Waals surface area contributed by atoms with E-state index in [0.29, 0.717) is 19.5 Å². The fourth-order valence-corrected chi connectivity index (χ4v) is 1.98. The molecule has 1 saturated heterocycles. The van der Waals surface area contributed by atoms with Crippen LogP contribution in [0.1, 0.15) is 48.0 Å². The highest BCUT2D eigenvalue weighted by atomic mass is 16.6. The van der Waals surface area contributed by atoms with Gasteiger partial charge in [0, 0.05) is 13.1 Å². The molecule has 1 rings (SSSR count). The van der Waals surface area contributed by atoms with Gasteiger partial charge in [-0.15, -0.1) is 4.99 Å². The molecule has 0 saturated carbocycles. The molecule has 1 fully saturated rings. The second-order valence-corrected chi connectivity index (χ2v) is 7.54. The first-order valence-corrected chi connectivity index (χ1v) is 7.82. The van der Waals surface area contributed by atoms with E-state index < -0.39 is 23.4 Å². The second-order valence-electron chi connectivity index (χ2n) is 7.54. The zero-order chi connectivity index (χ0) is 18.5. The summed E-state index contributed by atoms with van der Waals surface area (Å²) in [4.78, 5) is 34.3. The van der Waals surface area contributed by atoms with Crippen LogP contribution in [-0.4, -0.2) is 53.4 Å². The maximum Gasteiger partial charge on any atom is 0.437 e. The Balaban J connectivity index is 2.87. The maximum atomic E-state index is 12.0. The van der Waals surface area contributed by atoms with Crippen molar-refractivity contribution in [3.8, 4) is 0 Å². The van der Waals surface area contributed by atoms with E-state index in [9.17, 15) is 9.59 Å². The molecule has 9 nitrogen and oxygen atoms in total. The van der Waals surface area contributed by atoms with Crippen molar-refractivity contribution in [2.45, 2.75) is 65.3 Å². The number of guanidine groups is 1. The Morgan fingerprint density at radius 1 is 1.12 bits per heavy atom. The molecule has 0 bridgehead atoms. The standard InChI is InChI=1S/C15H28N4O5/c1-14(2,3)22-12(20)17-11(18-13(21)23-15(4,5)6)19-8-7-10(9-19)24-16/h10H,7-9,16H2,1-6H3,(H,17,18,20,21)/t10-/m0/s1. The van der Waals surface area contributed by atoms with Crippen molar-refractivity contribution in [1.82, 2.24) is 10.2 Å². The number of carbonyl (C=O) groups excluding carboxylic acids is 2. The van der Waals surface area contributed by atoms with Crippen LogP contribution >= 0.6 is 0 Å². The van der Waals surface area contributed by atoms with Crippen LogP contribution in [-0.2, 0) is 14.3 Å². The highest BCUT2D eigenvalue weighted by Crippen LogP contribution is 2.13. The number of hydrogen-bond donors (Lipinski definition) is 2. The van der Waals surface area contributed by atoms with E-state index in [0.717, 1.165) is 0 Å². The SMILES string of the molecule is CC(C)(C)OC(=O)/N=C(\NC(=O)OC(C)(C)C)N1CC[C@H](ON)C1. The smallest absolute Gasteiger partial charge is 0.437 e. The van der Waals surface area contributed by atoms with Crippen LogP contribution in [0.15, 0.2) is 4.99 Å². The molecule has 0 aromatic rings. The van der Waals surface area contributed by atoms with Crippen molar-refractivity contribution in [3.63, 3.8) is 0 Å². The minimum absolute atomic E-state index is 0.0538. The van der Waals surface area contributed by atoms with Crippen LogP contribution in [0.25, 0.3) is 0 Å². The molecule has 9 heteroatoms. The molecular formula is C15H28N4O5. The van der Waals surface area contributed by atoms with Crippen molar-refractivity contribution < 1.29 is 23.9 Å². The van der Waals surface area contributed by atoms with Crippen LogP contribution in [0.5, 0.6) is 0 Å². The molecule has 24 heavy (non-hydrogen) atoms. The van der Waals surface area contributed by atoms with Crippen LogP contribution in [0.2, 0.25) is 0 Å². The minimum atomic E-state index is -0.800. The van der Waals surface area contributed by atoms with Gasteiger partial charge in [-0.3, -0.25) is 10.2 Å². The van der Waals surface area contributed by atoms with Crippen molar-refractivity contribution in [2.75, 3.05) is 13.1 Å². The van der Waals surface area contributed by atoms with Gasteiger partial charge < -0.3 is 14.4 Å². The average molecular weight is 344 g/mol. The third-order valence-corrected chi connectivity index (χ3v) is 2.84. The topological polar surface area (TPSA) is 115 Å². The Kier molecular flexibility index (Phi) is 6.56. The number of nitrogens with one attached hydrogen (secondary N) is 1. The van der Waals surface area contributed by atoms with E-state index in [-0.39, 0.29) is 12.1 Å². The van der Waals surface area contributed by atoms with E-state index in [4.69, 9.17) is 20.2 Å². The zero-order valence-corrected chi connectivity index (χ0v) is 15.2. The van der Waals surface area contributed by atoms with Crippen LogP contribution < -0.4 is 11.2 Å². The van der Waals surface area contributed by atoms with Crippen molar-refractivity contribution in [3.05, 3.63) is 0 Å². The number of amides is 2. The second kappa shape index (κ2) is 7.80. The summed E-state index contributed by atoms with van der Waals surface area (Å²) in [6, 6.07) is 0. The molecule has 0 spiro atoms. The molecule has 1 aliphatic rings. The Hall–Kier alpha value is -1.87. The number of aliphatic imine (C=N–C) groups is 1. The normalized spacial score (nSPS) is 19.2. The molecule has 1 heterocycles. The van der Waals surface area contributed by atoms with Crippen molar-refractivity contribution in [2.24, 2.45) is 10.9 Å². The van der Waals surface area contributed by atoms with E-state index in [2.05, 4.69) is 10.3 Å². The Labute approximate surface area is 142 Å². The number of hydrogen-bond acceptors (Lipinski definition) is 6. The number of nitrogens with zero attached hydrogens (tertiary/aromatic N) is 2. The molecule has 0 unspecified atom stereocenters. The molecule has 1 atom stereocenters. The monoisotopic (exact) mass is 344 g/mol. The van der Waals surface area contributed by atoms with Gasteiger partial charge in [-0.25, -0.2) is 15.5 Å². The zero-order valence-electron chi connectivity index (χ0n) is 15.2. The molecule has 2 amide bonds. The minimum Gasteiger partial charge on any atom is -0.444 e. The van der Waals surface area contributed by atoms with Crippen LogP contribution in [0, 0.1) is 0 Å². The predicted molar refractivity (Wildman–Crippen MR) is 88.3 cm³/mol. The summed E-state index contributed by atoms with van der Waals surface area (Å²) in [5.74, 6) is 5.25. The Morgan fingerprint density at radius 2 is 1.71 bits per heavy atom. The third-order valence-electron chi connectivity index (χ3n) is 2.84. The van der Waals surface area contributed by atoms with Crippen molar-refractivity contribution in [1.29, 1.82) is 0 Å². The number of rotatable bonds is 1. The lowest BCUT2D eigenvalue weighted by atomic mass is 10.2. The summed E-state index contributed by atoms with van der Waals surface area (Å²) >= 11 is 0. The van der Waals surface area contributed by atoms with E-state index >= 15 is 0 Å². The number of ether oxygens (including phenoxy) is 2. The fraction of sp³-hybridized carbons (Fsp3) is 0.800. The number of nitrogens with two attached hydrogens (primary N) is 1. The predicted octanol–water partition coefficient (Wildman–Crippen LogP) is 1.77. The van der Waals surface area contributed by atoms with Gasteiger partial charge in [0.15, 0.2) is 0 Å². The Morgan fingerprint density at radius 3 is 2.17 bits per heavy atom. The first-order chi connectivity index (χ1) is 10.9. The van der Waals surface area contributed by atoms with Gasteiger partial charge in [0.1, 0.15) is 11.2 Å². The van der Waals surface area contributed by atoms with Crippen LogP contribution in [0.4, 0.5) is 9.59 Å². The summed E-state index contributed by atoms with van der Waals surface area (Å²) in [7, 11) is 0. The first kappa shape index (κ1) is 20.2. The van der Waals surface area contributed by atoms with Gasteiger partial charge in [-0.2, -0.15) is 0 Å². The third kappa shape index (κ3) is 7.60. The largest absolute Gasteiger partial charge is 0.444 e. The summed E-state index contributed by atoms with van der Waals surface area (Å²) in [5, 5.41) is 2.49. The lowest BCUT2D eigenvalue weighted by Gasteiger charge is -2.24. The van der Waals surface area contributed by atoms with E-state index in [1.165, 1.54) is 0 Å². The first-order valence-electron chi connectivity index (χ1n) is 7.82. The lowest BCUT2D eigenvalue weighted by Crippen LogP contribution is -2.46. The Bertz CT molecular complexity index is 493. The van der Waals surface area contributed by atoms with Gasteiger partial charge in [-0.1, -0.05) is 0 Å². The quantitative estimate of drug-likeness (QED) is 0.423.